The first-order valence-corrected chi connectivity index (χ1v) is 6.74. The smallest absolute Gasteiger partial charge is 0.224 e. The number of anilines is 1. The summed E-state index contributed by atoms with van der Waals surface area (Å²) in [7, 11) is 3.31. The van der Waals surface area contributed by atoms with Crippen molar-refractivity contribution in [3.63, 3.8) is 0 Å². The Morgan fingerprint density at radius 2 is 1.95 bits per heavy atom. The van der Waals surface area contributed by atoms with Gasteiger partial charge < -0.3 is 16.0 Å². The highest BCUT2D eigenvalue weighted by Gasteiger charge is 2.17. The topological polar surface area (TPSA) is 75.4 Å². The quantitative estimate of drug-likeness (QED) is 0.781. The van der Waals surface area contributed by atoms with Crippen LogP contribution in [0.25, 0.3) is 0 Å². The molecule has 0 aliphatic rings. The first kappa shape index (κ1) is 19.2. The number of halogens is 1. The van der Waals surface area contributed by atoms with Crippen LogP contribution in [-0.2, 0) is 16.0 Å². The summed E-state index contributed by atoms with van der Waals surface area (Å²) >= 11 is 0. The van der Waals surface area contributed by atoms with Gasteiger partial charge in [-0.2, -0.15) is 0 Å². The Bertz CT molecular complexity index is 480. The first-order chi connectivity index (χ1) is 9.45. The van der Waals surface area contributed by atoms with Crippen molar-refractivity contribution in [3.05, 3.63) is 29.8 Å². The molecule has 21 heavy (non-hydrogen) atoms. The predicted octanol–water partition coefficient (Wildman–Crippen LogP) is 1.46. The summed E-state index contributed by atoms with van der Waals surface area (Å²) < 4.78 is 0. The number of nitrogen functional groups attached to an aromatic ring is 1. The molecule has 0 heterocycles. The normalized spacial score (nSPS) is 11.2. The zero-order valence-corrected chi connectivity index (χ0v) is 13.6. The number of nitrogens with zero attached hydrogens (tertiary/aromatic N) is 1. The van der Waals surface area contributed by atoms with E-state index in [1.54, 1.807) is 25.9 Å². The lowest BCUT2D eigenvalue weighted by molar-refractivity contribution is -0.132. The molecule has 118 valence electrons. The fraction of sp³-hybridized carbons (Fsp3) is 0.467. The average Bonchev–Trinajstić information content (AvgIpc) is 2.44. The van der Waals surface area contributed by atoms with Crippen LogP contribution in [-0.4, -0.2) is 37.4 Å². The van der Waals surface area contributed by atoms with E-state index in [2.05, 4.69) is 5.32 Å². The third kappa shape index (κ3) is 6.04. The van der Waals surface area contributed by atoms with E-state index in [0.29, 0.717) is 25.1 Å². The van der Waals surface area contributed by atoms with Gasteiger partial charge in [0.2, 0.25) is 11.8 Å². The predicted molar refractivity (Wildman–Crippen MR) is 87.3 cm³/mol. The Hall–Kier alpha value is -1.75. The summed E-state index contributed by atoms with van der Waals surface area (Å²) in [5, 5.41) is 2.58. The van der Waals surface area contributed by atoms with Crippen molar-refractivity contribution < 1.29 is 9.59 Å². The lowest BCUT2D eigenvalue weighted by atomic mass is 10.1. The minimum Gasteiger partial charge on any atom is -0.399 e. The van der Waals surface area contributed by atoms with Gasteiger partial charge in [0.1, 0.15) is 0 Å². The molecular formula is C15H24ClN3O2. The number of nitrogens with two attached hydrogens (primary N) is 1. The molecular weight excluding hydrogens is 290 g/mol. The van der Waals surface area contributed by atoms with Crippen molar-refractivity contribution in [1.82, 2.24) is 10.2 Å². The number of benzene rings is 1. The van der Waals surface area contributed by atoms with Gasteiger partial charge in [0.15, 0.2) is 0 Å². The number of hydrogen-bond acceptors (Lipinski definition) is 3. The third-order valence-corrected chi connectivity index (χ3v) is 3.33. The van der Waals surface area contributed by atoms with E-state index in [9.17, 15) is 9.59 Å². The molecule has 0 fully saturated rings. The number of carbonyl (C=O) groups is 2. The van der Waals surface area contributed by atoms with Crippen LogP contribution < -0.4 is 11.1 Å². The van der Waals surface area contributed by atoms with Gasteiger partial charge in [0.05, 0.1) is 5.92 Å². The van der Waals surface area contributed by atoms with Crippen molar-refractivity contribution in [2.24, 2.45) is 5.92 Å². The Morgan fingerprint density at radius 3 is 2.52 bits per heavy atom. The fourth-order valence-corrected chi connectivity index (χ4v) is 2.04. The Morgan fingerprint density at radius 1 is 1.33 bits per heavy atom. The highest BCUT2D eigenvalue weighted by molar-refractivity contribution is 5.85. The number of para-hydroxylation sites is 1. The van der Waals surface area contributed by atoms with E-state index in [1.165, 1.54) is 0 Å². The van der Waals surface area contributed by atoms with Gasteiger partial charge in [-0.25, -0.2) is 0 Å². The van der Waals surface area contributed by atoms with Crippen molar-refractivity contribution in [2.45, 2.75) is 19.8 Å². The highest BCUT2D eigenvalue weighted by atomic mass is 35.5. The van der Waals surface area contributed by atoms with Gasteiger partial charge in [0, 0.05) is 32.7 Å². The minimum atomic E-state index is -0.212. The second kappa shape index (κ2) is 9.23. The SMILES string of the molecule is CNC(=O)C(C)CN(C)C(=O)CCc1ccccc1N.Cl. The van der Waals surface area contributed by atoms with E-state index in [0.717, 1.165) is 5.56 Å². The van der Waals surface area contributed by atoms with Crippen LogP contribution in [0, 0.1) is 5.92 Å². The van der Waals surface area contributed by atoms with Gasteiger partial charge in [-0.05, 0) is 18.1 Å². The van der Waals surface area contributed by atoms with Crippen molar-refractivity contribution in [1.29, 1.82) is 0 Å². The maximum Gasteiger partial charge on any atom is 0.224 e. The average molecular weight is 314 g/mol. The molecule has 0 bridgehead atoms. The van der Waals surface area contributed by atoms with Crippen LogP contribution in [0.2, 0.25) is 0 Å². The molecule has 0 aliphatic heterocycles. The maximum absolute atomic E-state index is 12.0. The molecule has 6 heteroatoms. The van der Waals surface area contributed by atoms with E-state index in [1.807, 2.05) is 24.3 Å². The van der Waals surface area contributed by atoms with E-state index in [-0.39, 0.29) is 30.1 Å². The molecule has 0 spiro atoms. The second-order valence-electron chi connectivity index (χ2n) is 4.99. The van der Waals surface area contributed by atoms with Crippen LogP contribution in [0.1, 0.15) is 18.9 Å². The third-order valence-electron chi connectivity index (χ3n) is 3.33. The van der Waals surface area contributed by atoms with Crippen molar-refractivity contribution in [2.75, 3.05) is 26.4 Å². The van der Waals surface area contributed by atoms with Crippen molar-refractivity contribution in [3.8, 4) is 0 Å². The molecule has 1 rings (SSSR count). The van der Waals surface area contributed by atoms with E-state index < -0.39 is 0 Å². The number of amides is 2. The number of nitrogens with one attached hydrogen (secondary N) is 1. The van der Waals surface area contributed by atoms with E-state index >= 15 is 0 Å². The first-order valence-electron chi connectivity index (χ1n) is 6.74. The standard InChI is InChI=1S/C15H23N3O2.ClH/c1-11(15(20)17-2)10-18(3)14(19)9-8-12-6-4-5-7-13(12)16;/h4-7,11H,8-10,16H2,1-3H3,(H,17,20);1H. The summed E-state index contributed by atoms with van der Waals surface area (Å²) in [6.45, 7) is 2.22. The molecule has 3 N–H and O–H groups in total. The summed E-state index contributed by atoms with van der Waals surface area (Å²) in [6, 6.07) is 7.54. The number of rotatable bonds is 6. The molecule has 1 atom stereocenters. The molecule has 0 saturated heterocycles. The molecule has 0 saturated carbocycles. The van der Waals surface area contributed by atoms with Crippen LogP contribution >= 0.6 is 12.4 Å². The molecule has 0 aliphatic carbocycles. The van der Waals surface area contributed by atoms with Gasteiger partial charge >= 0.3 is 0 Å². The summed E-state index contributed by atoms with van der Waals surface area (Å²) in [5.74, 6) is -0.253. The fourth-order valence-electron chi connectivity index (χ4n) is 2.04. The molecule has 1 unspecified atom stereocenters. The van der Waals surface area contributed by atoms with Crippen LogP contribution in [0.4, 0.5) is 5.69 Å². The molecule has 1 aromatic rings. The van der Waals surface area contributed by atoms with Crippen LogP contribution in [0.15, 0.2) is 24.3 Å². The molecule has 0 aromatic heterocycles. The monoisotopic (exact) mass is 313 g/mol. The minimum absolute atomic E-state index is 0. The second-order valence-corrected chi connectivity index (χ2v) is 4.99. The zero-order chi connectivity index (χ0) is 15.1. The molecule has 1 aromatic carbocycles. The number of aryl methyl sites for hydroxylation is 1. The lowest BCUT2D eigenvalue weighted by Gasteiger charge is -2.21. The van der Waals surface area contributed by atoms with E-state index in [4.69, 9.17) is 5.73 Å². The Kier molecular flexibility index (Phi) is 8.47. The Balaban J connectivity index is 0.00000400. The maximum atomic E-state index is 12.0. The van der Waals surface area contributed by atoms with Crippen LogP contribution in [0.3, 0.4) is 0 Å². The van der Waals surface area contributed by atoms with Gasteiger partial charge in [-0.15, -0.1) is 12.4 Å². The van der Waals surface area contributed by atoms with Gasteiger partial charge in [-0.1, -0.05) is 25.1 Å². The zero-order valence-electron chi connectivity index (χ0n) is 12.8. The Labute approximate surface area is 132 Å². The number of hydrogen-bond donors (Lipinski definition) is 2. The van der Waals surface area contributed by atoms with Gasteiger partial charge in [0.25, 0.3) is 0 Å². The highest BCUT2D eigenvalue weighted by Crippen LogP contribution is 2.13. The summed E-state index contributed by atoms with van der Waals surface area (Å²) in [4.78, 5) is 25.1. The lowest BCUT2D eigenvalue weighted by Crippen LogP contribution is -2.37. The van der Waals surface area contributed by atoms with Crippen LogP contribution in [0.5, 0.6) is 0 Å². The number of carbonyl (C=O) groups excluding carboxylic acids is 2. The van der Waals surface area contributed by atoms with Crippen molar-refractivity contribution >= 4 is 29.9 Å². The molecule has 5 nitrogen and oxygen atoms in total. The summed E-state index contributed by atoms with van der Waals surface area (Å²) in [5.41, 5.74) is 7.53. The summed E-state index contributed by atoms with van der Waals surface area (Å²) in [6.07, 6.45) is 1.01. The molecule has 0 radical (unpaired) electrons. The van der Waals surface area contributed by atoms with Gasteiger partial charge in [-0.3, -0.25) is 9.59 Å². The largest absolute Gasteiger partial charge is 0.399 e. The molecule has 2 amide bonds.